The molecule has 6 nitrogen and oxygen atoms in total. The van der Waals surface area contributed by atoms with E-state index in [9.17, 15) is 13.2 Å². The predicted molar refractivity (Wildman–Crippen MR) is 100 cm³/mol. The third kappa shape index (κ3) is 4.46. The van der Waals surface area contributed by atoms with Crippen molar-refractivity contribution in [2.45, 2.75) is 30.0 Å². The predicted octanol–water partition coefficient (Wildman–Crippen LogP) is 3.01. The first-order valence-electron chi connectivity index (χ1n) is 7.94. The third-order valence-electron chi connectivity index (χ3n) is 3.94. The molecule has 3 heterocycles. The molecule has 1 aliphatic heterocycles. The van der Waals surface area contributed by atoms with Gasteiger partial charge in [-0.05, 0) is 47.0 Å². The number of carbonyl (C=O) groups is 1. The van der Waals surface area contributed by atoms with Crippen LogP contribution in [0.5, 0.6) is 0 Å². The van der Waals surface area contributed by atoms with Gasteiger partial charge in [-0.25, -0.2) is 8.42 Å². The zero-order valence-corrected chi connectivity index (χ0v) is 16.7. The summed E-state index contributed by atoms with van der Waals surface area (Å²) < 4.78 is 27.9. The Morgan fingerprint density at radius 2 is 2.00 bits per heavy atom. The highest BCUT2D eigenvalue weighted by molar-refractivity contribution is 9.10. The van der Waals surface area contributed by atoms with Crippen LogP contribution in [0, 0.1) is 0 Å². The van der Waals surface area contributed by atoms with E-state index in [0.29, 0.717) is 22.9 Å². The molecule has 0 radical (unpaired) electrons. The minimum Gasteiger partial charge on any atom is -0.347 e. The van der Waals surface area contributed by atoms with Crippen molar-refractivity contribution >= 4 is 43.2 Å². The minimum absolute atomic E-state index is 0.248. The van der Waals surface area contributed by atoms with E-state index in [0.717, 1.165) is 28.6 Å². The number of pyridine rings is 1. The number of rotatable bonds is 5. The van der Waals surface area contributed by atoms with Gasteiger partial charge in [0.1, 0.15) is 4.21 Å². The summed E-state index contributed by atoms with van der Waals surface area (Å²) in [6.07, 6.45) is 6.00. The van der Waals surface area contributed by atoms with Crippen LogP contribution in [0.1, 0.15) is 34.5 Å². The molecule has 9 heteroatoms. The summed E-state index contributed by atoms with van der Waals surface area (Å²) in [6.45, 7) is 1.45. The molecule has 0 aliphatic carbocycles. The van der Waals surface area contributed by atoms with E-state index in [-0.39, 0.29) is 12.5 Å². The number of piperidine rings is 1. The van der Waals surface area contributed by atoms with Gasteiger partial charge in [-0.3, -0.25) is 9.78 Å². The van der Waals surface area contributed by atoms with Gasteiger partial charge in [-0.2, -0.15) is 4.31 Å². The Hall–Kier alpha value is -1.29. The Morgan fingerprint density at radius 1 is 1.24 bits per heavy atom. The fourth-order valence-electron chi connectivity index (χ4n) is 2.63. The number of nitrogens with one attached hydrogen (secondary N) is 1. The molecule has 0 unspecified atom stereocenters. The summed E-state index contributed by atoms with van der Waals surface area (Å²) >= 11 is 4.48. The number of carbonyl (C=O) groups excluding carboxylic acids is 1. The zero-order valence-electron chi connectivity index (χ0n) is 13.4. The van der Waals surface area contributed by atoms with E-state index < -0.39 is 10.0 Å². The van der Waals surface area contributed by atoms with Crippen molar-refractivity contribution in [1.82, 2.24) is 14.6 Å². The fourth-order valence-corrected chi connectivity index (χ4v) is 5.96. The molecule has 0 atom stereocenters. The molecule has 1 saturated heterocycles. The number of halogens is 1. The minimum atomic E-state index is -3.41. The van der Waals surface area contributed by atoms with Gasteiger partial charge in [0.2, 0.25) is 0 Å². The van der Waals surface area contributed by atoms with Gasteiger partial charge in [0.25, 0.3) is 15.9 Å². The molecule has 0 aromatic carbocycles. The number of amides is 1. The van der Waals surface area contributed by atoms with Crippen LogP contribution in [-0.2, 0) is 16.6 Å². The molecule has 1 N–H and O–H groups in total. The molecule has 2 aromatic heterocycles. The highest BCUT2D eigenvalue weighted by Crippen LogP contribution is 2.27. The number of hydrogen-bond acceptors (Lipinski definition) is 5. The fraction of sp³-hybridized carbons (Fsp3) is 0.375. The summed E-state index contributed by atoms with van der Waals surface area (Å²) in [7, 11) is -3.41. The van der Waals surface area contributed by atoms with E-state index in [4.69, 9.17) is 0 Å². The number of sulfonamides is 1. The molecule has 1 aliphatic rings. The van der Waals surface area contributed by atoms with Gasteiger partial charge in [0.15, 0.2) is 0 Å². The van der Waals surface area contributed by atoms with Crippen molar-refractivity contribution in [2.24, 2.45) is 0 Å². The largest absolute Gasteiger partial charge is 0.347 e. The van der Waals surface area contributed by atoms with Crippen molar-refractivity contribution in [3.63, 3.8) is 0 Å². The van der Waals surface area contributed by atoms with Gasteiger partial charge in [-0.15, -0.1) is 11.3 Å². The number of aromatic nitrogens is 1. The summed E-state index contributed by atoms with van der Waals surface area (Å²) in [5.41, 5.74) is 0.451. The first-order valence-corrected chi connectivity index (χ1v) is 11.0. The van der Waals surface area contributed by atoms with Gasteiger partial charge in [-0.1, -0.05) is 6.42 Å². The maximum atomic E-state index is 12.6. The van der Waals surface area contributed by atoms with Crippen molar-refractivity contribution in [3.8, 4) is 0 Å². The smallest absolute Gasteiger partial charge is 0.253 e. The third-order valence-corrected chi connectivity index (χ3v) is 7.82. The first-order chi connectivity index (χ1) is 12.0. The molecule has 2 aromatic rings. The van der Waals surface area contributed by atoms with Crippen LogP contribution in [0.25, 0.3) is 0 Å². The standard InChI is InChI=1S/C16H18BrN3O3S2/c17-13-8-12(9-18-10-13)16(21)19-11-14-4-5-15(24-14)25(22,23)20-6-2-1-3-7-20/h4-5,8-10H,1-3,6-7,11H2,(H,19,21). The van der Waals surface area contributed by atoms with Crippen LogP contribution >= 0.6 is 27.3 Å². The van der Waals surface area contributed by atoms with E-state index in [1.165, 1.54) is 17.5 Å². The average Bonchev–Trinajstić information content (AvgIpc) is 3.10. The second kappa shape index (κ2) is 7.94. The molecule has 25 heavy (non-hydrogen) atoms. The van der Waals surface area contributed by atoms with Crippen molar-refractivity contribution < 1.29 is 13.2 Å². The lowest BCUT2D eigenvalue weighted by atomic mass is 10.2. The molecule has 134 valence electrons. The Balaban J connectivity index is 1.64. The summed E-state index contributed by atoms with van der Waals surface area (Å²) in [4.78, 5) is 16.9. The Bertz CT molecular complexity index is 861. The Morgan fingerprint density at radius 3 is 2.72 bits per heavy atom. The van der Waals surface area contributed by atoms with Crippen molar-refractivity contribution in [2.75, 3.05) is 13.1 Å². The normalized spacial score (nSPS) is 15.9. The lowest BCUT2D eigenvalue weighted by Gasteiger charge is -2.25. The number of nitrogens with zero attached hydrogens (tertiary/aromatic N) is 2. The Labute approximate surface area is 159 Å². The molecule has 3 rings (SSSR count). The topological polar surface area (TPSA) is 79.4 Å². The Kier molecular flexibility index (Phi) is 5.88. The van der Waals surface area contributed by atoms with Crippen LogP contribution in [0.15, 0.2) is 39.3 Å². The van der Waals surface area contributed by atoms with Crippen LogP contribution in [0.4, 0.5) is 0 Å². The number of hydrogen-bond donors (Lipinski definition) is 1. The zero-order chi connectivity index (χ0) is 17.9. The molecule has 1 amide bonds. The SMILES string of the molecule is O=C(NCc1ccc(S(=O)(=O)N2CCCCC2)s1)c1cncc(Br)c1. The lowest BCUT2D eigenvalue weighted by molar-refractivity contribution is 0.0951. The summed E-state index contributed by atoms with van der Waals surface area (Å²) in [5, 5.41) is 2.79. The van der Waals surface area contributed by atoms with E-state index >= 15 is 0 Å². The van der Waals surface area contributed by atoms with Crippen LogP contribution in [0.2, 0.25) is 0 Å². The quantitative estimate of drug-likeness (QED) is 0.769. The van der Waals surface area contributed by atoms with Crippen molar-refractivity contribution in [1.29, 1.82) is 0 Å². The van der Waals surface area contributed by atoms with Gasteiger partial charge in [0, 0.05) is 34.8 Å². The lowest BCUT2D eigenvalue weighted by Crippen LogP contribution is -2.35. The molecular weight excluding hydrogens is 426 g/mol. The summed E-state index contributed by atoms with van der Waals surface area (Å²) in [5.74, 6) is -0.248. The van der Waals surface area contributed by atoms with Crippen LogP contribution < -0.4 is 5.32 Å². The molecule has 1 fully saturated rings. The molecule has 0 spiro atoms. The van der Waals surface area contributed by atoms with E-state index in [1.807, 2.05) is 0 Å². The average molecular weight is 444 g/mol. The van der Waals surface area contributed by atoms with Gasteiger partial charge < -0.3 is 5.32 Å². The highest BCUT2D eigenvalue weighted by Gasteiger charge is 2.27. The maximum absolute atomic E-state index is 12.6. The van der Waals surface area contributed by atoms with Crippen LogP contribution in [0.3, 0.4) is 0 Å². The highest BCUT2D eigenvalue weighted by atomic mass is 79.9. The van der Waals surface area contributed by atoms with Gasteiger partial charge >= 0.3 is 0 Å². The first kappa shape index (κ1) is 18.5. The number of thiophene rings is 1. The summed E-state index contributed by atoms with van der Waals surface area (Å²) in [6, 6.07) is 5.06. The van der Waals surface area contributed by atoms with Crippen LogP contribution in [-0.4, -0.2) is 36.7 Å². The van der Waals surface area contributed by atoms with E-state index in [2.05, 4.69) is 26.2 Å². The second-order valence-electron chi connectivity index (χ2n) is 5.76. The molecular formula is C16H18BrN3O3S2. The molecule has 0 saturated carbocycles. The monoisotopic (exact) mass is 443 g/mol. The van der Waals surface area contributed by atoms with E-state index in [1.54, 1.807) is 28.7 Å². The van der Waals surface area contributed by atoms with Crippen molar-refractivity contribution in [3.05, 3.63) is 45.5 Å². The second-order valence-corrected chi connectivity index (χ2v) is 10.0. The van der Waals surface area contributed by atoms with Gasteiger partial charge in [0.05, 0.1) is 12.1 Å². The maximum Gasteiger partial charge on any atom is 0.253 e. The molecule has 0 bridgehead atoms.